The molecular formula is C16H24F2N2O3. The van der Waals surface area contributed by atoms with Crippen molar-refractivity contribution in [2.24, 2.45) is 5.92 Å². The monoisotopic (exact) mass is 330 g/mol. The normalized spacial score (nSPS) is 12.3. The van der Waals surface area contributed by atoms with Gasteiger partial charge in [-0.25, -0.2) is 4.79 Å². The lowest BCUT2D eigenvalue weighted by Crippen LogP contribution is -2.38. The minimum absolute atomic E-state index is 0.0924. The molecule has 23 heavy (non-hydrogen) atoms. The lowest BCUT2D eigenvalue weighted by molar-refractivity contribution is -0.0493. The number of carbonyl (C=O) groups excluding carboxylic acids is 1. The number of urea groups is 1. The summed E-state index contributed by atoms with van der Waals surface area (Å²) in [5.74, 6) is 0.00202. The molecule has 1 rings (SSSR count). The highest BCUT2D eigenvalue weighted by Gasteiger charge is 2.18. The van der Waals surface area contributed by atoms with E-state index in [0.29, 0.717) is 5.56 Å². The maximum atomic E-state index is 12.4. The van der Waals surface area contributed by atoms with Crippen LogP contribution in [-0.2, 0) is 0 Å². The molecule has 2 amide bonds. The van der Waals surface area contributed by atoms with Crippen molar-refractivity contribution in [3.8, 4) is 5.75 Å². The SMILES string of the molecule is CCC(CC)C(O)CNC(=O)Nc1c(C)cccc1OC(F)F. The first kappa shape index (κ1) is 19.2. The van der Waals surface area contributed by atoms with Crippen LogP contribution in [0.2, 0.25) is 0 Å². The number of aryl methyl sites for hydroxylation is 1. The number of benzene rings is 1. The zero-order chi connectivity index (χ0) is 17.4. The number of aliphatic hydroxyl groups excluding tert-OH is 1. The van der Waals surface area contributed by atoms with E-state index in [-0.39, 0.29) is 23.9 Å². The molecular weight excluding hydrogens is 306 g/mol. The van der Waals surface area contributed by atoms with Crippen molar-refractivity contribution in [2.75, 3.05) is 11.9 Å². The molecule has 0 saturated carbocycles. The van der Waals surface area contributed by atoms with Gasteiger partial charge in [-0.05, 0) is 24.5 Å². The molecule has 0 aliphatic heterocycles. The predicted octanol–water partition coefficient (Wildman–Crippen LogP) is 3.52. The second kappa shape index (κ2) is 9.29. The molecule has 1 aromatic rings. The number of alkyl halides is 2. The maximum Gasteiger partial charge on any atom is 0.387 e. The fraction of sp³-hybridized carbons (Fsp3) is 0.562. The number of halogens is 2. The maximum absolute atomic E-state index is 12.4. The summed E-state index contributed by atoms with van der Waals surface area (Å²) < 4.78 is 29.2. The summed E-state index contributed by atoms with van der Waals surface area (Å²) in [6.07, 6.45) is 0.973. The number of hydrogen-bond acceptors (Lipinski definition) is 3. The first-order valence-corrected chi connectivity index (χ1v) is 7.66. The van der Waals surface area contributed by atoms with Crippen LogP contribution in [-0.4, -0.2) is 30.4 Å². The molecule has 3 N–H and O–H groups in total. The molecule has 0 bridgehead atoms. The van der Waals surface area contributed by atoms with E-state index in [1.165, 1.54) is 6.07 Å². The number of ether oxygens (including phenoxy) is 1. The summed E-state index contributed by atoms with van der Waals surface area (Å²) in [6, 6.07) is 4.01. The van der Waals surface area contributed by atoms with Crippen LogP contribution in [0.25, 0.3) is 0 Å². The molecule has 5 nitrogen and oxygen atoms in total. The van der Waals surface area contributed by atoms with E-state index < -0.39 is 18.7 Å². The van der Waals surface area contributed by atoms with E-state index >= 15 is 0 Å². The van der Waals surface area contributed by atoms with E-state index in [1.54, 1.807) is 19.1 Å². The average molecular weight is 330 g/mol. The molecule has 0 aliphatic rings. The van der Waals surface area contributed by atoms with Gasteiger partial charge in [0.15, 0.2) is 0 Å². The molecule has 130 valence electrons. The van der Waals surface area contributed by atoms with Crippen LogP contribution in [0.4, 0.5) is 19.3 Å². The van der Waals surface area contributed by atoms with Crippen LogP contribution in [0, 0.1) is 12.8 Å². The molecule has 0 heterocycles. The van der Waals surface area contributed by atoms with E-state index in [2.05, 4.69) is 15.4 Å². The Morgan fingerprint density at radius 3 is 2.52 bits per heavy atom. The smallest absolute Gasteiger partial charge is 0.387 e. The van der Waals surface area contributed by atoms with Gasteiger partial charge in [0.25, 0.3) is 0 Å². The van der Waals surface area contributed by atoms with Gasteiger partial charge >= 0.3 is 12.6 Å². The first-order chi connectivity index (χ1) is 10.9. The Hall–Kier alpha value is -1.89. The van der Waals surface area contributed by atoms with Crippen LogP contribution in [0.5, 0.6) is 5.75 Å². The number of rotatable bonds is 8. The number of aliphatic hydroxyl groups is 1. The van der Waals surface area contributed by atoms with Gasteiger partial charge in [-0.2, -0.15) is 8.78 Å². The standard InChI is InChI=1S/C16H24F2N2O3/c1-4-11(5-2)12(21)9-19-16(22)20-14-10(3)7-6-8-13(14)23-15(17)18/h6-8,11-12,15,21H,4-5,9H2,1-3H3,(H2,19,20,22). The highest BCUT2D eigenvalue weighted by Crippen LogP contribution is 2.29. The lowest BCUT2D eigenvalue weighted by Gasteiger charge is -2.21. The number of para-hydroxylation sites is 1. The number of nitrogens with one attached hydrogen (secondary N) is 2. The van der Waals surface area contributed by atoms with Crippen molar-refractivity contribution in [1.82, 2.24) is 5.32 Å². The molecule has 0 radical (unpaired) electrons. The molecule has 0 spiro atoms. The molecule has 0 saturated heterocycles. The summed E-state index contributed by atoms with van der Waals surface area (Å²) in [4.78, 5) is 11.9. The third kappa shape index (κ3) is 6.02. The van der Waals surface area contributed by atoms with Gasteiger partial charge in [-0.1, -0.05) is 38.8 Å². The fourth-order valence-corrected chi connectivity index (χ4v) is 2.35. The Morgan fingerprint density at radius 2 is 1.96 bits per heavy atom. The van der Waals surface area contributed by atoms with Crippen LogP contribution in [0.1, 0.15) is 32.3 Å². The van der Waals surface area contributed by atoms with Crippen molar-refractivity contribution in [3.05, 3.63) is 23.8 Å². The first-order valence-electron chi connectivity index (χ1n) is 7.66. The molecule has 1 unspecified atom stereocenters. The minimum atomic E-state index is -2.97. The largest absolute Gasteiger partial charge is 0.433 e. The zero-order valence-corrected chi connectivity index (χ0v) is 13.6. The van der Waals surface area contributed by atoms with Crippen molar-refractivity contribution in [2.45, 2.75) is 46.3 Å². The molecule has 0 fully saturated rings. The van der Waals surface area contributed by atoms with E-state index in [4.69, 9.17) is 0 Å². The van der Waals surface area contributed by atoms with Gasteiger partial charge in [-0.15, -0.1) is 0 Å². The van der Waals surface area contributed by atoms with E-state index in [1.807, 2.05) is 13.8 Å². The fourth-order valence-electron chi connectivity index (χ4n) is 2.35. The van der Waals surface area contributed by atoms with E-state index in [9.17, 15) is 18.7 Å². The Balaban J connectivity index is 2.67. The van der Waals surface area contributed by atoms with Crippen molar-refractivity contribution in [1.29, 1.82) is 0 Å². The molecule has 1 aromatic carbocycles. The van der Waals surface area contributed by atoms with Crippen LogP contribution in [0.15, 0.2) is 18.2 Å². The molecule has 0 aromatic heterocycles. The molecule has 0 aliphatic carbocycles. The topological polar surface area (TPSA) is 70.6 Å². The third-order valence-corrected chi connectivity index (χ3v) is 3.75. The van der Waals surface area contributed by atoms with E-state index in [0.717, 1.165) is 12.8 Å². The van der Waals surface area contributed by atoms with Crippen molar-refractivity contribution < 1.29 is 23.4 Å². The van der Waals surface area contributed by atoms with Gasteiger partial charge in [0, 0.05) is 6.54 Å². The Kier molecular flexibility index (Phi) is 7.74. The highest BCUT2D eigenvalue weighted by atomic mass is 19.3. The Bertz CT molecular complexity index is 508. The number of hydrogen-bond donors (Lipinski definition) is 3. The minimum Gasteiger partial charge on any atom is -0.433 e. The summed E-state index contributed by atoms with van der Waals surface area (Å²) >= 11 is 0. The number of carbonyl (C=O) groups is 1. The average Bonchev–Trinajstić information content (AvgIpc) is 2.49. The summed E-state index contributed by atoms with van der Waals surface area (Å²) in [5, 5.41) is 15.0. The Labute approximate surface area is 135 Å². The second-order valence-electron chi connectivity index (χ2n) is 5.31. The van der Waals surface area contributed by atoms with Crippen LogP contribution >= 0.6 is 0 Å². The summed E-state index contributed by atoms with van der Waals surface area (Å²) in [5.41, 5.74) is 0.779. The zero-order valence-electron chi connectivity index (χ0n) is 13.6. The van der Waals surface area contributed by atoms with Gasteiger partial charge in [0.2, 0.25) is 0 Å². The van der Waals surface area contributed by atoms with Gasteiger partial charge < -0.3 is 20.5 Å². The molecule has 7 heteroatoms. The predicted molar refractivity (Wildman–Crippen MR) is 84.9 cm³/mol. The quantitative estimate of drug-likeness (QED) is 0.683. The van der Waals surface area contributed by atoms with Gasteiger partial charge in [0.05, 0.1) is 11.8 Å². The van der Waals surface area contributed by atoms with Gasteiger partial charge in [-0.3, -0.25) is 0 Å². The van der Waals surface area contributed by atoms with Crippen LogP contribution < -0.4 is 15.4 Å². The van der Waals surface area contributed by atoms with Crippen molar-refractivity contribution >= 4 is 11.7 Å². The Morgan fingerprint density at radius 1 is 1.30 bits per heavy atom. The number of amides is 2. The number of anilines is 1. The van der Waals surface area contributed by atoms with Crippen molar-refractivity contribution in [3.63, 3.8) is 0 Å². The van der Waals surface area contributed by atoms with Gasteiger partial charge in [0.1, 0.15) is 5.75 Å². The third-order valence-electron chi connectivity index (χ3n) is 3.75. The highest BCUT2D eigenvalue weighted by molar-refractivity contribution is 5.91. The second-order valence-corrected chi connectivity index (χ2v) is 5.31. The lowest BCUT2D eigenvalue weighted by atomic mass is 9.97. The summed E-state index contributed by atoms with van der Waals surface area (Å²) in [6.45, 7) is 2.73. The van der Waals surface area contributed by atoms with Crippen LogP contribution in [0.3, 0.4) is 0 Å². The summed E-state index contributed by atoms with van der Waals surface area (Å²) in [7, 11) is 0. The molecule has 1 atom stereocenters.